The molecular formula is C12H13FN2O2. The van der Waals surface area contributed by atoms with Crippen molar-refractivity contribution in [3.05, 3.63) is 47.9 Å². The Morgan fingerprint density at radius 2 is 2.29 bits per heavy atom. The smallest absolute Gasteiger partial charge is 0.180 e. The van der Waals surface area contributed by atoms with Crippen molar-refractivity contribution in [1.29, 1.82) is 0 Å². The molecule has 0 spiro atoms. The number of halogens is 1. The maximum atomic E-state index is 13.4. The van der Waals surface area contributed by atoms with Crippen LogP contribution < -0.4 is 10.1 Å². The summed E-state index contributed by atoms with van der Waals surface area (Å²) in [5.74, 6) is -0.0986. The van der Waals surface area contributed by atoms with Gasteiger partial charge in [0.05, 0.1) is 12.8 Å². The lowest BCUT2D eigenvalue weighted by atomic mass is 10.2. The molecule has 1 N–H and O–H groups in total. The molecule has 1 aromatic heterocycles. The van der Waals surface area contributed by atoms with Crippen LogP contribution in [0.5, 0.6) is 5.75 Å². The van der Waals surface area contributed by atoms with Crippen molar-refractivity contribution < 1.29 is 13.5 Å². The summed E-state index contributed by atoms with van der Waals surface area (Å²) in [4.78, 5) is 3.97. The fraction of sp³-hybridized carbons (Fsp3) is 0.250. The van der Waals surface area contributed by atoms with Crippen LogP contribution in [0.3, 0.4) is 0 Å². The molecule has 0 bridgehead atoms. The van der Waals surface area contributed by atoms with Crippen LogP contribution in [0.15, 0.2) is 35.3 Å². The lowest BCUT2D eigenvalue weighted by Gasteiger charge is -2.05. The Bertz CT molecular complexity index is 471. The first-order chi connectivity index (χ1) is 8.29. The van der Waals surface area contributed by atoms with Crippen molar-refractivity contribution in [2.24, 2.45) is 0 Å². The highest BCUT2D eigenvalue weighted by molar-refractivity contribution is 5.29. The molecule has 0 aliphatic heterocycles. The molecule has 0 atom stereocenters. The molecule has 0 saturated carbocycles. The number of oxazole rings is 1. The van der Waals surface area contributed by atoms with Gasteiger partial charge in [0.15, 0.2) is 18.0 Å². The molecule has 1 heterocycles. The van der Waals surface area contributed by atoms with E-state index in [2.05, 4.69) is 10.3 Å². The van der Waals surface area contributed by atoms with Crippen LogP contribution in [-0.2, 0) is 13.1 Å². The number of hydrogen-bond acceptors (Lipinski definition) is 4. The van der Waals surface area contributed by atoms with Crippen LogP contribution in [0.2, 0.25) is 0 Å². The van der Waals surface area contributed by atoms with Gasteiger partial charge in [-0.15, -0.1) is 0 Å². The van der Waals surface area contributed by atoms with Crippen molar-refractivity contribution in [3.8, 4) is 5.75 Å². The summed E-state index contributed by atoms with van der Waals surface area (Å²) in [6.45, 7) is 1.15. The molecule has 1 aromatic carbocycles. The van der Waals surface area contributed by atoms with E-state index >= 15 is 0 Å². The molecule has 17 heavy (non-hydrogen) atoms. The predicted molar refractivity (Wildman–Crippen MR) is 60.0 cm³/mol. The minimum absolute atomic E-state index is 0.255. The van der Waals surface area contributed by atoms with Gasteiger partial charge in [-0.1, -0.05) is 6.07 Å². The molecule has 0 radical (unpaired) electrons. The molecule has 0 fully saturated rings. The zero-order valence-corrected chi connectivity index (χ0v) is 9.44. The van der Waals surface area contributed by atoms with Gasteiger partial charge in [0, 0.05) is 13.1 Å². The lowest BCUT2D eigenvalue weighted by Crippen LogP contribution is -2.13. The Morgan fingerprint density at radius 1 is 1.41 bits per heavy atom. The number of nitrogens with zero attached hydrogens (tertiary/aromatic N) is 1. The Kier molecular flexibility index (Phi) is 3.72. The van der Waals surface area contributed by atoms with Crippen molar-refractivity contribution in [1.82, 2.24) is 10.3 Å². The van der Waals surface area contributed by atoms with E-state index in [1.165, 1.54) is 19.6 Å². The van der Waals surface area contributed by atoms with Crippen LogP contribution in [0.1, 0.15) is 11.3 Å². The van der Waals surface area contributed by atoms with Gasteiger partial charge in [-0.3, -0.25) is 0 Å². The Hall–Kier alpha value is -1.88. The van der Waals surface area contributed by atoms with Crippen LogP contribution in [0.4, 0.5) is 4.39 Å². The number of rotatable bonds is 5. The van der Waals surface area contributed by atoms with E-state index in [4.69, 9.17) is 9.15 Å². The molecule has 0 amide bonds. The van der Waals surface area contributed by atoms with Crippen LogP contribution in [-0.4, -0.2) is 12.1 Å². The second kappa shape index (κ2) is 5.45. The number of hydrogen-bond donors (Lipinski definition) is 1. The minimum Gasteiger partial charge on any atom is -0.494 e. The summed E-state index contributed by atoms with van der Waals surface area (Å²) in [5.41, 5.74) is 1.67. The first-order valence-electron chi connectivity index (χ1n) is 5.20. The highest BCUT2D eigenvalue weighted by Gasteiger charge is 2.03. The van der Waals surface area contributed by atoms with E-state index in [1.807, 2.05) is 6.07 Å². The van der Waals surface area contributed by atoms with Crippen LogP contribution in [0.25, 0.3) is 0 Å². The maximum absolute atomic E-state index is 13.4. The fourth-order valence-electron chi connectivity index (χ4n) is 1.48. The first kappa shape index (κ1) is 11.6. The fourth-order valence-corrected chi connectivity index (χ4v) is 1.48. The van der Waals surface area contributed by atoms with Crippen molar-refractivity contribution in [2.45, 2.75) is 13.1 Å². The summed E-state index contributed by atoms with van der Waals surface area (Å²) >= 11 is 0. The van der Waals surface area contributed by atoms with Gasteiger partial charge in [0.25, 0.3) is 0 Å². The minimum atomic E-state index is -0.353. The second-order valence-electron chi connectivity index (χ2n) is 3.55. The zero-order chi connectivity index (χ0) is 12.1. The van der Waals surface area contributed by atoms with Crippen LogP contribution in [0, 0.1) is 5.82 Å². The number of benzene rings is 1. The standard InChI is InChI=1S/C12H13FN2O2/c1-16-12-3-2-9(4-11(12)13)5-14-6-10-7-17-8-15-10/h2-4,7-8,14H,5-6H2,1H3. The zero-order valence-electron chi connectivity index (χ0n) is 9.44. The van der Waals surface area contributed by atoms with Gasteiger partial charge < -0.3 is 14.5 Å². The molecule has 2 aromatic rings. The number of aromatic nitrogens is 1. The monoisotopic (exact) mass is 236 g/mol. The third-order valence-electron chi connectivity index (χ3n) is 2.33. The topological polar surface area (TPSA) is 47.3 Å². The summed E-state index contributed by atoms with van der Waals surface area (Å²) in [5, 5.41) is 3.14. The Labute approximate surface area is 98.4 Å². The van der Waals surface area contributed by atoms with Crippen molar-refractivity contribution >= 4 is 0 Å². The van der Waals surface area contributed by atoms with E-state index in [-0.39, 0.29) is 11.6 Å². The summed E-state index contributed by atoms with van der Waals surface area (Å²) < 4.78 is 23.1. The van der Waals surface area contributed by atoms with E-state index in [0.717, 1.165) is 11.3 Å². The Balaban J connectivity index is 1.89. The molecule has 4 nitrogen and oxygen atoms in total. The van der Waals surface area contributed by atoms with E-state index < -0.39 is 0 Å². The van der Waals surface area contributed by atoms with Gasteiger partial charge in [0.1, 0.15) is 6.26 Å². The Morgan fingerprint density at radius 3 is 2.94 bits per heavy atom. The molecule has 0 aliphatic carbocycles. The maximum Gasteiger partial charge on any atom is 0.180 e. The van der Waals surface area contributed by atoms with E-state index in [9.17, 15) is 4.39 Å². The molecular weight excluding hydrogens is 223 g/mol. The number of nitrogens with one attached hydrogen (secondary N) is 1. The number of ether oxygens (including phenoxy) is 1. The van der Waals surface area contributed by atoms with E-state index in [1.54, 1.807) is 12.3 Å². The van der Waals surface area contributed by atoms with Crippen molar-refractivity contribution in [3.63, 3.8) is 0 Å². The van der Waals surface area contributed by atoms with Gasteiger partial charge >= 0.3 is 0 Å². The normalized spacial score (nSPS) is 10.5. The molecule has 90 valence electrons. The largest absolute Gasteiger partial charge is 0.494 e. The van der Waals surface area contributed by atoms with E-state index in [0.29, 0.717) is 13.1 Å². The highest BCUT2D eigenvalue weighted by Crippen LogP contribution is 2.17. The van der Waals surface area contributed by atoms with Gasteiger partial charge in [-0.25, -0.2) is 9.37 Å². The first-order valence-corrected chi connectivity index (χ1v) is 5.20. The number of methoxy groups -OCH3 is 1. The molecule has 5 heteroatoms. The second-order valence-corrected chi connectivity index (χ2v) is 3.55. The van der Waals surface area contributed by atoms with Gasteiger partial charge in [-0.05, 0) is 17.7 Å². The SMILES string of the molecule is COc1ccc(CNCc2cocn2)cc1F. The third kappa shape index (κ3) is 3.04. The lowest BCUT2D eigenvalue weighted by molar-refractivity contribution is 0.386. The summed E-state index contributed by atoms with van der Waals surface area (Å²) in [6.07, 6.45) is 2.95. The van der Waals surface area contributed by atoms with Gasteiger partial charge in [-0.2, -0.15) is 0 Å². The predicted octanol–water partition coefficient (Wildman–Crippen LogP) is 2.11. The average Bonchev–Trinajstić information content (AvgIpc) is 2.82. The summed E-state index contributed by atoms with van der Waals surface area (Å²) in [6, 6.07) is 4.88. The van der Waals surface area contributed by atoms with Crippen LogP contribution >= 0.6 is 0 Å². The third-order valence-corrected chi connectivity index (χ3v) is 2.33. The highest BCUT2D eigenvalue weighted by atomic mass is 19.1. The van der Waals surface area contributed by atoms with Gasteiger partial charge in [0.2, 0.25) is 0 Å². The molecule has 0 aliphatic rings. The van der Waals surface area contributed by atoms with Crippen molar-refractivity contribution in [2.75, 3.05) is 7.11 Å². The quantitative estimate of drug-likeness (QED) is 0.863. The molecule has 0 saturated heterocycles. The molecule has 2 rings (SSSR count). The molecule has 0 unspecified atom stereocenters. The summed E-state index contributed by atoms with van der Waals surface area (Å²) in [7, 11) is 1.45. The average molecular weight is 236 g/mol.